The Bertz CT molecular complexity index is 1040. The molecule has 2 aliphatic heterocycles. The molecule has 2 fully saturated rings. The summed E-state index contributed by atoms with van der Waals surface area (Å²) in [5, 5.41) is 0.0490. The zero-order valence-corrected chi connectivity index (χ0v) is 22.3. The van der Waals surface area contributed by atoms with E-state index < -0.39 is 14.5 Å². The molecule has 10 nitrogen and oxygen atoms in total. The Labute approximate surface area is 202 Å². The molecule has 3 N–H and O–H groups in total. The van der Waals surface area contributed by atoms with Gasteiger partial charge >= 0.3 is 0 Å². The summed E-state index contributed by atoms with van der Waals surface area (Å²) in [5.41, 5.74) is 6.20. The number of H-pyrrole nitrogens is 1. The highest BCUT2D eigenvalue weighted by Crippen LogP contribution is 2.45. The number of fused-ring (bicyclic) bond motifs is 1. The average molecular weight is 493 g/mol. The second kappa shape index (κ2) is 9.69. The first-order chi connectivity index (χ1) is 16.0. The number of nitrogens with one attached hydrogen (secondary N) is 1. The third-order valence-corrected chi connectivity index (χ3v) is 12.2. The number of nitrogen functional groups attached to an aromatic ring is 1. The van der Waals surface area contributed by atoms with E-state index in [4.69, 9.17) is 19.6 Å². The number of morpholine rings is 1. The maximum atomic E-state index is 12.4. The van der Waals surface area contributed by atoms with Crippen LogP contribution in [0.25, 0.3) is 11.2 Å². The fourth-order valence-corrected chi connectivity index (χ4v) is 6.03. The molecule has 2 aromatic heterocycles. The number of rotatable bonds is 7. The Hall–Kier alpha value is -1.79. The molecule has 4 atom stereocenters. The van der Waals surface area contributed by atoms with Crippen molar-refractivity contribution in [2.45, 2.75) is 77.1 Å². The van der Waals surface area contributed by atoms with Gasteiger partial charge < -0.3 is 19.6 Å². The SMILES string of the molecule is CC[C@H]1O[C@@H](n2cnc3c(=O)[nH]c(N)nc32)[C@H](O[Si](C)(C)C(C)(C)C)[C@@H]1CCN1CCOCC1. The molecular weight excluding hydrogens is 452 g/mol. The molecule has 0 spiro atoms. The zero-order valence-electron chi connectivity index (χ0n) is 21.3. The van der Waals surface area contributed by atoms with Crippen molar-refractivity contribution in [1.29, 1.82) is 0 Å². The number of ether oxygens (including phenoxy) is 2. The lowest BCUT2D eigenvalue weighted by Crippen LogP contribution is -2.47. The van der Waals surface area contributed by atoms with Gasteiger partial charge in [0.25, 0.3) is 5.56 Å². The minimum absolute atomic E-state index is 0.0394. The summed E-state index contributed by atoms with van der Waals surface area (Å²) >= 11 is 0. The third-order valence-electron chi connectivity index (χ3n) is 7.74. The van der Waals surface area contributed by atoms with E-state index in [0.29, 0.717) is 5.65 Å². The van der Waals surface area contributed by atoms with Gasteiger partial charge in [0.2, 0.25) is 5.95 Å². The quantitative estimate of drug-likeness (QED) is 0.566. The Morgan fingerprint density at radius 3 is 2.65 bits per heavy atom. The molecular formula is C23H40N6O4Si. The summed E-state index contributed by atoms with van der Waals surface area (Å²) < 4.78 is 21.1. The number of aromatic amines is 1. The Morgan fingerprint density at radius 1 is 1.29 bits per heavy atom. The van der Waals surface area contributed by atoms with Crippen LogP contribution >= 0.6 is 0 Å². The van der Waals surface area contributed by atoms with E-state index >= 15 is 0 Å². The van der Waals surface area contributed by atoms with Crippen molar-refractivity contribution >= 4 is 25.4 Å². The van der Waals surface area contributed by atoms with E-state index in [0.717, 1.165) is 45.7 Å². The molecule has 0 saturated carbocycles. The molecule has 2 aliphatic rings. The maximum Gasteiger partial charge on any atom is 0.280 e. The van der Waals surface area contributed by atoms with E-state index in [-0.39, 0.29) is 40.2 Å². The van der Waals surface area contributed by atoms with E-state index in [1.54, 1.807) is 6.33 Å². The van der Waals surface area contributed by atoms with Crippen molar-refractivity contribution in [2.75, 3.05) is 38.6 Å². The number of nitrogens with zero attached hydrogens (tertiary/aromatic N) is 4. The molecule has 0 bridgehead atoms. The first kappa shape index (κ1) is 25.3. The fourth-order valence-electron chi connectivity index (χ4n) is 4.70. The smallest absolute Gasteiger partial charge is 0.280 e. The van der Waals surface area contributed by atoms with Crippen LogP contribution in [0, 0.1) is 5.92 Å². The number of aromatic nitrogens is 4. The monoisotopic (exact) mass is 492 g/mol. The number of nitrogens with two attached hydrogens (primary N) is 1. The molecule has 34 heavy (non-hydrogen) atoms. The summed E-state index contributed by atoms with van der Waals surface area (Å²) in [5.74, 6) is 0.277. The van der Waals surface area contributed by atoms with Crippen molar-refractivity contribution in [3.63, 3.8) is 0 Å². The second-order valence-corrected chi connectivity index (χ2v) is 15.8. The third kappa shape index (κ3) is 4.94. The van der Waals surface area contributed by atoms with E-state index in [9.17, 15) is 4.79 Å². The second-order valence-electron chi connectivity index (χ2n) is 11.0. The Kier molecular flexibility index (Phi) is 7.21. The van der Waals surface area contributed by atoms with Gasteiger partial charge in [-0.1, -0.05) is 27.7 Å². The van der Waals surface area contributed by atoms with Gasteiger partial charge in [0.1, 0.15) is 0 Å². The van der Waals surface area contributed by atoms with Crippen LogP contribution in [0.1, 0.15) is 46.8 Å². The van der Waals surface area contributed by atoms with E-state index in [1.165, 1.54) is 0 Å². The average Bonchev–Trinajstić information content (AvgIpc) is 3.33. The first-order valence-corrected chi connectivity index (χ1v) is 15.3. The van der Waals surface area contributed by atoms with Gasteiger partial charge in [-0.25, -0.2) is 4.98 Å². The standard InChI is InChI=1S/C23H40N6O4Si/c1-7-16-15(8-9-28-10-12-31-13-11-28)18(33-34(5,6)23(2,3)4)21(32-16)29-14-25-17-19(29)26-22(24)27-20(17)30/h14-16,18,21H,7-13H2,1-6H3,(H3,24,26,27,30)/t15-,16-,18-,21-/m1/s1. The van der Waals surface area contributed by atoms with Crippen molar-refractivity contribution in [2.24, 2.45) is 5.92 Å². The van der Waals surface area contributed by atoms with Crippen molar-refractivity contribution < 1.29 is 13.9 Å². The van der Waals surface area contributed by atoms with Gasteiger partial charge in [-0.15, -0.1) is 0 Å². The van der Waals surface area contributed by atoms with Crippen LogP contribution in [-0.4, -0.2) is 77.8 Å². The van der Waals surface area contributed by atoms with Gasteiger partial charge in [0.15, 0.2) is 25.7 Å². The van der Waals surface area contributed by atoms with E-state index in [2.05, 4.69) is 60.6 Å². The highest BCUT2D eigenvalue weighted by molar-refractivity contribution is 6.74. The number of hydrogen-bond acceptors (Lipinski definition) is 8. The highest BCUT2D eigenvalue weighted by Gasteiger charge is 2.50. The van der Waals surface area contributed by atoms with Crippen LogP contribution in [0.4, 0.5) is 5.95 Å². The predicted octanol–water partition coefficient (Wildman–Crippen LogP) is 2.74. The minimum atomic E-state index is -2.13. The number of hydrogen-bond donors (Lipinski definition) is 2. The molecule has 2 saturated heterocycles. The molecule has 4 heterocycles. The van der Waals surface area contributed by atoms with Crippen molar-refractivity contribution in [3.05, 3.63) is 16.7 Å². The molecule has 0 radical (unpaired) electrons. The lowest BCUT2D eigenvalue weighted by molar-refractivity contribution is -0.0322. The van der Waals surface area contributed by atoms with Crippen LogP contribution in [0.2, 0.25) is 18.1 Å². The van der Waals surface area contributed by atoms with Crippen LogP contribution in [0.3, 0.4) is 0 Å². The Balaban J connectivity index is 1.70. The summed E-state index contributed by atoms with van der Waals surface area (Å²) in [6.45, 7) is 17.9. The van der Waals surface area contributed by atoms with Crippen LogP contribution < -0.4 is 11.3 Å². The van der Waals surface area contributed by atoms with Gasteiger partial charge in [0.05, 0.1) is 31.7 Å². The molecule has 4 rings (SSSR count). The van der Waals surface area contributed by atoms with Gasteiger partial charge in [-0.2, -0.15) is 4.98 Å². The summed E-state index contributed by atoms with van der Waals surface area (Å²) in [7, 11) is -2.13. The molecule has 190 valence electrons. The summed E-state index contributed by atoms with van der Waals surface area (Å²) in [4.78, 5) is 26.1. The largest absolute Gasteiger partial charge is 0.409 e. The van der Waals surface area contributed by atoms with Crippen molar-refractivity contribution in [3.8, 4) is 0 Å². The molecule has 0 amide bonds. The molecule has 0 aliphatic carbocycles. The van der Waals surface area contributed by atoms with Crippen LogP contribution in [0.15, 0.2) is 11.1 Å². The zero-order chi connectivity index (χ0) is 24.7. The maximum absolute atomic E-state index is 12.4. The van der Waals surface area contributed by atoms with Crippen LogP contribution in [0.5, 0.6) is 0 Å². The van der Waals surface area contributed by atoms with Crippen LogP contribution in [-0.2, 0) is 13.9 Å². The number of imidazole rings is 1. The predicted molar refractivity (Wildman–Crippen MR) is 134 cm³/mol. The Morgan fingerprint density at radius 2 is 2.00 bits per heavy atom. The minimum Gasteiger partial charge on any atom is -0.409 e. The molecule has 0 aromatic carbocycles. The van der Waals surface area contributed by atoms with Gasteiger partial charge in [0, 0.05) is 19.0 Å². The molecule has 0 unspecified atom stereocenters. The number of anilines is 1. The normalized spacial score (nSPS) is 27.0. The lowest BCUT2D eigenvalue weighted by Gasteiger charge is -2.41. The first-order valence-electron chi connectivity index (χ1n) is 12.4. The van der Waals surface area contributed by atoms with Gasteiger partial charge in [-0.3, -0.25) is 19.2 Å². The van der Waals surface area contributed by atoms with Crippen molar-refractivity contribution in [1.82, 2.24) is 24.4 Å². The topological polar surface area (TPSA) is 121 Å². The summed E-state index contributed by atoms with van der Waals surface area (Å²) in [6.07, 6.45) is 2.93. The molecule has 2 aromatic rings. The molecule has 11 heteroatoms. The van der Waals surface area contributed by atoms with E-state index in [1.807, 2.05) is 4.57 Å². The van der Waals surface area contributed by atoms with Gasteiger partial charge in [-0.05, 0) is 37.5 Å². The summed E-state index contributed by atoms with van der Waals surface area (Å²) in [6, 6.07) is 0. The lowest BCUT2D eigenvalue weighted by atomic mass is 9.92. The highest BCUT2D eigenvalue weighted by atomic mass is 28.4. The fraction of sp³-hybridized carbons (Fsp3) is 0.783.